The summed E-state index contributed by atoms with van der Waals surface area (Å²) in [6, 6.07) is 6.24. The largest absolute Gasteiger partial charge is 0.462 e. The molecule has 1 aromatic rings. The summed E-state index contributed by atoms with van der Waals surface area (Å²) in [4.78, 5) is 12.1. The fourth-order valence-corrected chi connectivity index (χ4v) is 2.24. The number of benzene rings is 1. The van der Waals surface area contributed by atoms with Crippen LogP contribution in [0.1, 0.15) is 56.1 Å². The Hall–Kier alpha value is -1.31. The lowest BCUT2D eigenvalue weighted by atomic mass is 9.93. The van der Waals surface area contributed by atoms with Crippen molar-refractivity contribution in [3.05, 3.63) is 34.9 Å². The molecule has 0 N–H and O–H groups in total. The second kappa shape index (κ2) is 7.32. The number of carbonyl (C=O) groups excluding carboxylic acids is 1. The Labute approximate surface area is 117 Å². The van der Waals surface area contributed by atoms with E-state index < -0.39 is 0 Å². The first kappa shape index (κ1) is 15.7. The van der Waals surface area contributed by atoms with Crippen molar-refractivity contribution < 1.29 is 9.53 Å². The van der Waals surface area contributed by atoms with Gasteiger partial charge in [-0.25, -0.2) is 4.79 Å². The zero-order valence-electron chi connectivity index (χ0n) is 12.8. The van der Waals surface area contributed by atoms with Gasteiger partial charge < -0.3 is 4.74 Å². The molecule has 2 nitrogen and oxygen atoms in total. The van der Waals surface area contributed by atoms with Crippen molar-refractivity contribution in [2.75, 3.05) is 6.61 Å². The van der Waals surface area contributed by atoms with Crippen LogP contribution in [-0.2, 0) is 17.6 Å². The predicted molar refractivity (Wildman–Crippen MR) is 79.5 cm³/mol. The minimum Gasteiger partial charge on any atom is -0.462 e. The van der Waals surface area contributed by atoms with Gasteiger partial charge in [0.1, 0.15) is 0 Å². The van der Waals surface area contributed by atoms with E-state index in [2.05, 4.69) is 39.8 Å². The quantitative estimate of drug-likeness (QED) is 0.716. The van der Waals surface area contributed by atoms with Crippen molar-refractivity contribution in [1.82, 2.24) is 0 Å². The van der Waals surface area contributed by atoms with Crippen LogP contribution in [0.5, 0.6) is 0 Å². The van der Waals surface area contributed by atoms with E-state index in [1.54, 1.807) is 0 Å². The lowest BCUT2D eigenvalue weighted by Gasteiger charge is -2.13. The lowest BCUT2D eigenvalue weighted by molar-refractivity contribution is 0.0524. The van der Waals surface area contributed by atoms with Crippen molar-refractivity contribution in [2.24, 2.45) is 11.8 Å². The van der Waals surface area contributed by atoms with Crippen LogP contribution in [0.25, 0.3) is 0 Å². The summed E-state index contributed by atoms with van der Waals surface area (Å²) >= 11 is 0. The Balaban J connectivity index is 3.06. The third kappa shape index (κ3) is 5.06. The average Bonchev–Trinajstić information content (AvgIpc) is 2.30. The molecule has 0 bridgehead atoms. The van der Waals surface area contributed by atoms with Crippen LogP contribution in [-0.4, -0.2) is 12.6 Å². The summed E-state index contributed by atoms with van der Waals surface area (Å²) in [5.74, 6) is 0.930. The van der Waals surface area contributed by atoms with E-state index in [1.807, 2.05) is 13.0 Å². The van der Waals surface area contributed by atoms with E-state index in [0.717, 1.165) is 24.0 Å². The van der Waals surface area contributed by atoms with Gasteiger partial charge in [0.15, 0.2) is 0 Å². The first-order chi connectivity index (χ1) is 8.93. The highest BCUT2D eigenvalue weighted by molar-refractivity contribution is 5.91. The van der Waals surface area contributed by atoms with Gasteiger partial charge in [0, 0.05) is 0 Å². The van der Waals surface area contributed by atoms with Crippen molar-refractivity contribution in [2.45, 2.75) is 47.5 Å². The first-order valence-corrected chi connectivity index (χ1v) is 7.23. The topological polar surface area (TPSA) is 26.3 Å². The Morgan fingerprint density at radius 1 is 1.11 bits per heavy atom. The van der Waals surface area contributed by atoms with E-state index in [0.29, 0.717) is 18.4 Å². The normalized spacial score (nSPS) is 11.1. The summed E-state index contributed by atoms with van der Waals surface area (Å²) in [6.07, 6.45) is 1.91. The fraction of sp³-hybridized carbons (Fsp3) is 0.588. The highest BCUT2D eigenvalue weighted by Gasteiger charge is 2.14. The van der Waals surface area contributed by atoms with E-state index in [-0.39, 0.29) is 5.97 Å². The van der Waals surface area contributed by atoms with Gasteiger partial charge in [-0.15, -0.1) is 0 Å². The molecule has 0 amide bonds. The SMILES string of the molecule is CCOC(=O)c1cc(CC(C)C)ccc1CC(C)C. The van der Waals surface area contributed by atoms with Crippen molar-refractivity contribution in [1.29, 1.82) is 0 Å². The molecule has 0 saturated heterocycles. The van der Waals surface area contributed by atoms with Crippen LogP contribution in [0.3, 0.4) is 0 Å². The third-order valence-corrected chi connectivity index (χ3v) is 2.94. The standard InChI is InChI=1S/C17H26O2/c1-6-19-17(18)16-11-14(9-12(2)3)7-8-15(16)10-13(4)5/h7-8,11-13H,6,9-10H2,1-5H3. The molecule has 0 saturated carbocycles. The molecule has 0 aliphatic carbocycles. The number of hydrogen-bond acceptors (Lipinski definition) is 2. The van der Waals surface area contributed by atoms with Crippen LogP contribution >= 0.6 is 0 Å². The summed E-state index contributed by atoms with van der Waals surface area (Å²) in [5.41, 5.74) is 3.06. The number of ether oxygens (including phenoxy) is 1. The molecule has 0 aliphatic rings. The lowest BCUT2D eigenvalue weighted by Crippen LogP contribution is -2.11. The Bertz CT molecular complexity index is 419. The maximum absolute atomic E-state index is 12.1. The van der Waals surface area contributed by atoms with Crippen molar-refractivity contribution in [3.8, 4) is 0 Å². The summed E-state index contributed by atoms with van der Waals surface area (Å²) in [7, 11) is 0. The molecule has 0 unspecified atom stereocenters. The molecule has 106 valence electrons. The molecule has 0 aliphatic heterocycles. The molecule has 0 radical (unpaired) electrons. The maximum atomic E-state index is 12.1. The van der Waals surface area contributed by atoms with Gasteiger partial charge in [0.25, 0.3) is 0 Å². The van der Waals surface area contributed by atoms with E-state index >= 15 is 0 Å². The summed E-state index contributed by atoms with van der Waals surface area (Å²) < 4.78 is 5.17. The minimum absolute atomic E-state index is 0.191. The summed E-state index contributed by atoms with van der Waals surface area (Å²) in [6.45, 7) is 11.0. The molecular weight excluding hydrogens is 236 g/mol. The van der Waals surface area contributed by atoms with Gasteiger partial charge in [-0.1, -0.05) is 39.8 Å². The highest BCUT2D eigenvalue weighted by Crippen LogP contribution is 2.19. The van der Waals surface area contributed by atoms with Gasteiger partial charge in [-0.05, 0) is 48.8 Å². The van der Waals surface area contributed by atoms with Gasteiger partial charge in [0.05, 0.1) is 12.2 Å². The van der Waals surface area contributed by atoms with Gasteiger partial charge in [0.2, 0.25) is 0 Å². The molecular formula is C17H26O2. The molecule has 0 fully saturated rings. The smallest absolute Gasteiger partial charge is 0.338 e. The van der Waals surface area contributed by atoms with Crippen LogP contribution in [0, 0.1) is 11.8 Å². The van der Waals surface area contributed by atoms with Crippen LogP contribution < -0.4 is 0 Å². The molecule has 19 heavy (non-hydrogen) atoms. The van der Waals surface area contributed by atoms with E-state index in [9.17, 15) is 4.79 Å². The minimum atomic E-state index is -0.191. The first-order valence-electron chi connectivity index (χ1n) is 7.23. The molecule has 0 atom stereocenters. The zero-order valence-corrected chi connectivity index (χ0v) is 12.8. The second-order valence-corrected chi connectivity index (χ2v) is 5.91. The molecule has 0 spiro atoms. The Kier molecular flexibility index (Phi) is 6.07. The molecule has 0 heterocycles. The monoisotopic (exact) mass is 262 g/mol. The molecule has 1 rings (SSSR count). The Morgan fingerprint density at radius 2 is 1.74 bits per heavy atom. The molecule has 0 aromatic heterocycles. The van der Waals surface area contributed by atoms with Crippen molar-refractivity contribution in [3.63, 3.8) is 0 Å². The highest BCUT2D eigenvalue weighted by atomic mass is 16.5. The molecule has 2 heteroatoms. The average molecular weight is 262 g/mol. The van der Waals surface area contributed by atoms with Crippen LogP contribution in [0.2, 0.25) is 0 Å². The van der Waals surface area contributed by atoms with Crippen molar-refractivity contribution >= 4 is 5.97 Å². The number of carbonyl (C=O) groups is 1. The predicted octanol–water partition coefficient (Wildman–Crippen LogP) is 4.26. The number of rotatable bonds is 6. The van der Waals surface area contributed by atoms with Gasteiger partial charge in [-0.3, -0.25) is 0 Å². The van der Waals surface area contributed by atoms with E-state index in [4.69, 9.17) is 4.74 Å². The number of esters is 1. The molecule has 1 aromatic carbocycles. The van der Waals surface area contributed by atoms with Crippen LogP contribution in [0.4, 0.5) is 0 Å². The summed E-state index contributed by atoms with van der Waals surface area (Å²) in [5, 5.41) is 0. The number of hydrogen-bond donors (Lipinski definition) is 0. The van der Waals surface area contributed by atoms with Crippen LogP contribution in [0.15, 0.2) is 18.2 Å². The van der Waals surface area contributed by atoms with E-state index in [1.165, 1.54) is 5.56 Å². The fourth-order valence-electron chi connectivity index (χ4n) is 2.24. The third-order valence-electron chi connectivity index (χ3n) is 2.94. The van der Waals surface area contributed by atoms with Gasteiger partial charge in [-0.2, -0.15) is 0 Å². The maximum Gasteiger partial charge on any atom is 0.338 e. The van der Waals surface area contributed by atoms with Gasteiger partial charge >= 0.3 is 5.97 Å². The zero-order chi connectivity index (χ0) is 14.4. The Morgan fingerprint density at radius 3 is 2.26 bits per heavy atom. The second-order valence-electron chi connectivity index (χ2n) is 5.91.